The molecule has 1 N–H and O–H groups in total. The van der Waals surface area contributed by atoms with E-state index in [2.05, 4.69) is 14.7 Å². The third-order valence-electron chi connectivity index (χ3n) is 7.47. The fourth-order valence-electron chi connectivity index (χ4n) is 4.42. The van der Waals surface area contributed by atoms with Gasteiger partial charge in [0.05, 0.1) is 66.6 Å². The van der Waals surface area contributed by atoms with Crippen molar-refractivity contribution in [2.24, 2.45) is 0 Å². The first-order valence-electron chi connectivity index (χ1n) is 16.4. The van der Waals surface area contributed by atoms with Crippen LogP contribution in [0.3, 0.4) is 0 Å². The Labute approximate surface area is 381 Å². The van der Waals surface area contributed by atoms with Gasteiger partial charge in [0.25, 0.3) is 31.9 Å². The van der Waals surface area contributed by atoms with Crippen LogP contribution in [0.15, 0.2) is 70.7 Å². The van der Waals surface area contributed by atoms with E-state index in [-0.39, 0.29) is 32.8 Å². The van der Waals surface area contributed by atoms with E-state index in [0.29, 0.717) is 22.5 Å². The second kappa shape index (κ2) is 23.3. The number of nitrogens with zero attached hydrogens (tertiary/aromatic N) is 5. The molecule has 0 spiro atoms. The molecule has 2 heterocycles. The first-order chi connectivity index (χ1) is 29.1. The third kappa shape index (κ3) is 14.8. The Balaban J connectivity index is 0.000000401. The van der Waals surface area contributed by atoms with Gasteiger partial charge in [0.2, 0.25) is 0 Å². The van der Waals surface area contributed by atoms with Crippen LogP contribution in [-0.2, 0) is 51.5 Å². The Morgan fingerprint density at radius 3 is 1.56 bits per heavy atom. The number of hydrogen-bond donors (Lipinski definition) is 1. The highest BCUT2D eigenvalue weighted by Crippen LogP contribution is 2.38. The van der Waals surface area contributed by atoms with Gasteiger partial charge in [-0.2, -0.15) is 26.3 Å². The summed E-state index contributed by atoms with van der Waals surface area (Å²) in [4.78, 5) is 40.5. The van der Waals surface area contributed by atoms with Gasteiger partial charge < -0.3 is 9.47 Å². The SMILES string of the molecule is COCCl.COCN(c1cc(Cl)cnc1C(=O)N(C)OC)S(=O)(=O)c1ccc(Cl)c(C(F)(F)F)c1.CON(C)C(=O)c1ncc(Cl)cc1NS(=O)(=O)c1ccc(Cl)c(C(F)(F)F)c1. The molecule has 0 radical (unpaired) electrons. The maximum absolute atomic E-state index is 13.2. The van der Waals surface area contributed by atoms with Crippen LogP contribution in [0.25, 0.3) is 0 Å². The Bertz CT molecular complexity index is 2470. The van der Waals surface area contributed by atoms with Crippen molar-refractivity contribution in [3.8, 4) is 0 Å². The smallest absolute Gasteiger partial charge is 0.369 e. The molecule has 0 bridgehead atoms. The van der Waals surface area contributed by atoms with E-state index in [1.807, 2.05) is 4.72 Å². The molecular weight excluding hydrogens is 1010 g/mol. The number of ether oxygens (including phenoxy) is 2. The van der Waals surface area contributed by atoms with Crippen molar-refractivity contribution < 1.29 is 71.9 Å². The fourth-order valence-corrected chi connectivity index (χ4v) is 7.67. The molecular formula is C34H33Cl5F6N6O10S2. The van der Waals surface area contributed by atoms with Crippen LogP contribution >= 0.6 is 58.0 Å². The van der Waals surface area contributed by atoms with Crippen molar-refractivity contribution in [3.63, 3.8) is 0 Å². The van der Waals surface area contributed by atoms with Crippen LogP contribution in [0.2, 0.25) is 20.1 Å². The monoisotopic (exact) mass is 1040 g/mol. The molecule has 0 saturated carbocycles. The van der Waals surface area contributed by atoms with E-state index in [1.165, 1.54) is 28.3 Å². The number of hydrogen-bond acceptors (Lipinski definition) is 12. The number of aromatic nitrogens is 2. The molecule has 16 nitrogen and oxygen atoms in total. The summed E-state index contributed by atoms with van der Waals surface area (Å²) in [5, 5.41) is 0.177. The zero-order chi connectivity index (χ0) is 48.2. The molecule has 0 aliphatic carbocycles. The number of pyridine rings is 2. The molecule has 29 heteroatoms. The third-order valence-corrected chi connectivity index (χ3v) is 11.9. The molecule has 2 aromatic carbocycles. The quantitative estimate of drug-likeness (QED) is 0.0583. The highest BCUT2D eigenvalue weighted by atomic mass is 35.5. The molecule has 0 aliphatic heterocycles. The summed E-state index contributed by atoms with van der Waals surface area (Å²) in [5.74, 6) is -1.65. The molecule has 4 aromatic rings. The van der Waals surface area contributed by atoms with Crippen molar-refractivity contribution in [1.29, 1.82) is 0 Å². The van der Waals surface area contributed by atoms with Gasteiger partial charge in [0.15, 0.2) is 11.4 Å². The maximum Gasteiger partial charge on any atom is 0.417 e. The lowest BCUT2D eigenvalue weighted by Gasteiger charge is -2.26. The number of amides is 2. The molecule has 0 saturated heterocycles. The number of methoxy groups -OCH3 is 2. The van der Waals surface area contributed by atoms with Crippen LogP contribution in [0.1, 0.15) is 32.1 Å². The molecule has 0 aliphatic rings. The van der Waals surface area contributed by atoms with Crippen LogP contribution in [-0.4, -0.2) is 104 Å². The van der Waals surface area contributed by atoms with Crippen LogP contribution in [0.5, 0.6) is 0 Å². The van der Waals surface area contributed by atoms with Gasteiger partial charge in [-0.1, -0.05) is 58.0 Å². The van der Waals surface area contributed by atoms with Crippen LogP contribution in [0, 0.1) is 0 Å². The Kier molecular flexibility index (Phi) is 20.4. The van der Waals surface area contributed by atoms with Gasteiger partial charge in [0.1, 0.15) is 12.8 Å². The summed E-state index contributed by atoms with van der Waals surface area (Å²) in [5.41, 5.74) is -4.10. The van der Waals surface area contributed by atoms with E-state index >= 15 is 0 Å². The zero-order valence-corrected chi connectivity index (χ0v) is 38.4. The van der Waals surface area contributed by atoms with Crippen molar-refractivity contribution in [1.82, 2.24) is 20.1 Å². The highest BCUT2D eigenvalue weighted by Gasteiger charge is 2.37. The number of alkyl halides is 7. The number of carbonyl (C=O) groups excluding carboxylic acids is 2. The number of hydroxylamine groups is 4. The lowest BCUT2D eigenvalue weighted by molar-refractivity contribution is -0.138. The lowest BCUT2D eigenvalue weighted by Crippen LogP contribution is -2.36. The molecule has 0 unspecified atom stereocenters. The molecule has 2 amide bonds. The summed E-state index contributed by atoms with van der Waals surface area (Å²) in [7, 11) is -1.60. The van der Waals surface area contributed by atoms with E-state index in [9.17, 15) is 52.8 Å². The molecule has 4 rings (SSSR count). The number of benzene rings is 2. The normalized spacial score (nSPS) is 11.7. The van der Waals surface area contributed by atoms with Gasteiger partial charge in [-0.05, 0) is 48.5 Å². The summed E-state index contributed by atoms with van der Waals surface area (Å²) < 4.78 is 142. The summed E-state index contributed by atoms with van der Waals surface area (Å²) in [6.45, 7) is -0.661. The minimum Gasteiger partial charge on any atom is -0.369 e. The second-order valence-electron chi connectivity index (χ2n) is 11.6. The molecule has 63 heavy (non-hydrogen) atoms. The number of nitrogens with one attached hydrogen (secondary N) is 1. The zero-order valence-electron chi connectivity index (χ0n) is 33.0. The van der Waals surface area contributed by atoms with Gasteiger partial charge in [-0.25, -0.2) is 41.2 Å². The van der Waals surface area contributed by atoms with E-state index in [4.69, 9.17) is 72.4 Å². The number of carbonyl (C=O) groups is 2. The predicted octanol–water partition coefficient (Wildman–Crippen LogP) is 8.51. The number of halogens is 11. The van der Waals surface area contributed by atoms with Crippen molar-refractivity contribution in [3.05, 3.63) is 104 Å². The summed E-state index contributed by atoms with van der Waals surface area (Å²) in [6, 6.07) is 6.67. The van der Waals surface area contributed by atoms with Crippen molar-refractivity contribution in [2.45, 2.75) is 22.1 Å². The molecule has 348 valence electrons. The number of rotatable bonds is 13. The minimum absolute atomic E-state index is 0.0126. The number of sulfonamides is 2. The average Bonchev–Trinajstić information content (AvgIpc) is 3.21. The largest absolute Gasteiger partial charge is 0.417 e. The van der Waals surface area contributed by atoms with Gasteiger partial charge in [-0.3, -0.25) is 24.0 Å². The van der Waals surface area contributed by atoms with Gasteiger partial charge in [-0.15, -0.1) is 0 Å². The Morgan fingerprint density at radius 2 is 1.11 bits per heavy atom. The van der Waals surface area contributed by atoms with Crippen molar-refractivity contribution in [2.75, 3.05) is 64.4 Å². The van der Waals surface area contributed by atoms with E-state index in [0.717, 1.165) is 66.0 Å². The van der Waals surface area contributed by atoms with Gasteiger partial charge in [0, 0.05) is 40.7 Å². The molecule has 2 aromatic heterocycles. The maximum atomic E-state index is 13.2. The number of anilines is 2. The first-order valence-corrected chi connectivity index (χ1v) is 21.4. The second-order valence-corrected chi connectivity index (χ2v) is 17.0. The van der Waals surface area contributed by atoms with Gasteiger partial charge >= 0.3 is 12.4 Å². The van der Waals surface area contributed by atoms with Crippen LogP contribution in [0.4, 0.5) is 37.7 Å². The fraction of sp³-hybridized carbons (Fsp3) is 0.294. The molecule has 0 fully saturated rings. The van der Waals surface area contributed by atoms with E-state index < -0.39 is 81.9 Å². The lowest BCUT2D eigenvalue weighted by atomic mass is 10.2. The highest BCUT2D eigenvalue weighted by molar-refractivity contribution is 7.93. The standard InChI is InChI=1S/C17H16Cl2F3N3O5S.C15H12Cl2F3N3O4S.C2H5ClO/c1-24(30-3)16(26)15-14(6-10(18)8-23-15)25(9-29-2)31(27,28)11-4-5-13(19)12(7-11)17(20,21)22;1-23(27-2)14(24)13-12(5-8(16)7-21-13)22-28(25,26)9-3-4-11(17)10(6-9)15(18,19)20;1-4-2-3/h4-8H,9H2,1-3H3;3-7,22H,1-2H3;2H2,1H3. The Morgan fingerprint density at radius 1 is 0.683 bits per heavy atom. The predicted molar refractivity (Wildman–Crippen MR) is 220 cm³/mol. The topological polar surface area (TPSA) is 187 Å². The summed E-state index contributed by atoms with van der Waals surface area (Å²) >= 11 is 27.8. The minimum atomic E-state index is -4.89. The Hall–Kier alpha value is -3.95. The molecule has 0 atom stereocenters. The van der Waals surface area contributed by atoms with Crippen molar-refractivity contribution >= 4 is 101 Å². The first kappa shape index (κ1) is 55.2. The van der Waals surface area contributed by atoms with Crippen LogP contribution < -0.4 is 9.03 Å². The summed E-state index contributed by atoms with van der Waals surface area (Å²) in [6.07, 6.45) is -7.55. The average molecular weight is 1040 g/mol. The van der Waals surface area contributed by atoms with E-state index in [1.54, 1.807) is 7.11 Å².